The lowest BCUT2D eigenvalue weighted by atomic mass is 10.2. The third-order valence-corrected chi connectivity index (χ3v) is 3.16. The Balaban J connectivity index is 1.64. The van der Waals surface area contributed by atoms with E-state index in [2.05, 4.69) is 15.1 Å². The van der Waals surface area contributed by atoms with Crippen LogP contribution in [-0.4, -0.2) is 52.2 Å². The van der Waals surface area contributed by atoms with Gasteiger partial charge in [-0.2, -0.15) is 5.10 Å². The minimum Gasteiger partial charge on any atom is -0.483 e. The largest absolute Gasteiger partial charge is 0.483 e. The molecule has 0 aliphatic carbocycles. The first-order valence-corrected chi connectivity index (χ1v) is 6.62. The fraction of sp³-hybridized carbons (Fsp3) is 0.462. The van der Waals surface area contributed by atoms with Gasteiger partial charge in [0.25, 0.3) is 0 Å². The summed E-state index contributed by atoms with van der Waals surface area (Å²) in [5, 5.41) is 4.24. The second-order valence-electron chi connectivity index (χ2n) is 4.78. The molecule has 0 saturated carbocycles. The van der Waals surface area contributed by atoms with Crippen LogP contribution in [0.3, 0.4) is 0 Å². The lowest BCUT2D eigenvalue weighted by molar-refractivity contribution is 0.140. The number of aromatic nitrogens is 4. The summed E-state index contributed by atoms with van der Waals surface area (Å²) in [6.45, 7) is 1.52. The highest BCUT2D eigenvalue weighted by atomic mass is 16.5. The zero-order chi connectivity index (χ0) is 14.7. The van der Waals surface area contributed by atoms with E-state index in [4.69, 9.17) is 19.9 Å². The minimum absolute atomic E-state index is 0.0994. The number of nitrogens with two attached hydrogens (primary N) is 1. The van der Waals surface area contributed by atoms with Gasteiger partial charge in [-0.1, -0.05) is 0 Å². The molecule has 0 aromatic carbocycles. The Morgan fingerprint density at radius 3 is 3.05 bits per heavy atom. The molecular weight excluding hydrogens is 274 g/mol. The number of methoxy groups -OCH3 is 1. The molecule has 1 saturated heterocycles. The quantitative estimate of drug-likeness (QED) is 0.817. The van der Waals surface area contributed by atoms with Gasteiger partial charge < -0.3 is 19.9 Å². The van der Waals surface area contributed by atoms with Crippen LogP contribution in [0.5, 0.6) is 11.6 Å². The molecule has 2 atom stereocenters. The predicted molar refractivity (Wildman–Crippen MR) is 73.1 cm³/mol. The molecule has 3 heterocycles. The van der Waals surface area contributed by atoms with E-state index in [0.29, 0.717) is 31.4 Å². The summed E-state index contributed by atoms with van der Waals surface area (Å²) in [5.41, 5.74) is 6.63. The summed E-state index contributed by atoms with van der Waals surface area (Å²) in [7, 11) is 1.56. The van der Waals surface area contributed by atoms with Crippen LogP contribution in [0.4, 0.5) is 0 Å². The summed E-state index contributed by atoms with van der Waals surface area (Å²) in [6.07, 6.45) is 6.55. The van der Waals surface area contributed by atoms with E-state index in [-0.39, 0.29) is 12.1 Å². The molecule has 0 bridgehead atoms. The zero-order valence-corrected chi connectivity index (χ0v) is 11.7. The number of hydrogen-bond acceptors (Lipinski definition) is 7. The SMILES string of the molecule is COc1cncc(Cn2cc(O[C@@H]3COC[C@@H]3N)cn2)n1. The normalized spacial score (nSPS) is 21.4. The molecule has 0 radical (unpaired) electrons. The van der Waals surface area contributed by atoms with Gasteiger partial charge in [0.1, 0.15) is 6.10 Å². The zero-order valence-electron chi connectivity index (χ0n) is 11.7. The van der Waals surface area contributed by atoms with Crippen molar-refractivity contribution in [2.75, 3.05) is 20.3 Å². The number of nitrogens with zero attached hydrogens (tertiary/aromatic N) is 4. The van der Waals surface area contributed by atoms with Crippen LogP contribution in [-0.2, 0) is 11.3 Å². The van der Waals surface area contributed by atoms with Gasteiger partial charge in [-0.05, 0) is 0 Å². The number of hydrogen-bond donors (Lipinski definition) is 1. The second-order valence-corrected chi connectivity index (χ2v) is 4.78. The number of ether oxygens (including phenoxy) is 3. The maximum absolute atomic E-state index is 5.88. The van der Waals surface area contributed by atoms with Crippen molar-refractivity contribution in [3.63, 3.8) is 0 Å². The van der Waals surface area contributed by atoms with Gasteiger partial charge in [0.15, 0.2) is 5.75 Å². The van der Waals surface area contributed by atoms with Crippen molar-refractivity contribution in [2.24, 2.45) is 5.73 Å². The fourth-order valence-electron chi connectivity index (χ4n) is 2.07. The summed E-state index contributed by atoms with van der Waals surface area (Å²) < 4.78 is 17.8. The van der Waals surface area contributed by atoms with E-state index in [0.717, 1.165) is 5.69 Å². The van der Waals surface area contributed by atoms with Gasteiger partial charge in [-0.15, -0.1) is 0 Å². The van der Waals surface area contributed by atoms with Gasteiger partial charge in [0, 0.05) is 0 Å². The van der Waals surface area contributed by atoms with Gasteiger partial charge in [0.05, 0.1) is 63.4 Å². The monoisotopic (exact) mass is 291 g/mol. The topological polar surface area (TPSA) is 97.3 Å². The average Bonchev–Trinajstić information content (AvgIpc) is 3.10. The molecule has 8 heteroatoms. The van der Waals surface area contributed by atoms with Crippen molar-refractivity contribution in [1.29, 1.82) is 0 Å². The number of rotatable bonds is 5. The van der Waals surface area contributed by atoms with Gasteiger partial charge >= 0.3 is 0 Å². The van der Waals surface area contributed by atoms with E-state index in [1.54, 1.807) is 36.6 Å². The second kappa shape index (κ2) is 6.06. The van der Waals surface area contributed by atoms with Gasteiger partial charge in [-0.25, -0.2) is 4.98 Å². The lowest BCUT2D eigenvalue weighted by Gasteiger charge is -2.13. The molecular formula is C13H17N5O3. The highest BCUT2D eigenvalue weighted by Gasteiger charge is 2.26. The molecule has 112 valence electrons. The van der Waals surface area contributed by atoms with E-state index < -0.39 is 0 Å². The molecule has 0 unspecified atom stereocenters. The first-order chi connectivity index (χ1) is 10.2. The first-order valence-electron chi connectivity index (χ1n) is 6.62. The Bertz CT molecular complexity index is 603. The maximum Gasteiger partial charge on any atom is 0.232 e. The van der Waals surface area contributed by atoms with Gasteiger partial charge in [0.2, 0.25) is 5.88 Å². The Morgan fingerprint density at radius 2 is 2.29 bits per heavy atom. The highest BCUT2D eigenvalue weighted by molar-refractivity contribution is 5.15. The smallest absolute Gasteiger partial charge is 0.232 e. The van der Waals surface area contributed by atoms with Crippen molar-refractivity contribution >= 4 is 0 Å². The van der Waals surface area contributed by atoms with Crippen LogP contribution < -0.4 is 15.2 Å². The highest BCUT2D eigenvalue weighted by Crippen LogP contribution is 2.16. The van der Waals surface area contributed by atoms with Crippen molar-refractivity contribution in [1.82, 2.24) is 19.7 Å². The van der Waals surface area contributed by atoms with Crippen LogP contribution in [0.25, 0.3) is 0 Å². The Morgan fingerprint density at radius 1 is 1.38 bits per heavy atom. The van der Waals surface area contributed by atoms with Crippen molar-refractivity contribution in [2.45, 2.75) is 18.7 Å². The van der Waals surface area contributed by atoms with Crippen LogP contribution in [0, 0.1) is 0 Å². The third-order valence-electron chi connectivity index (χ3n) is 3.16. The Hall–Kier alpha value is -2.19. The summed E-state index contributed by atoms with van der Waals surface area (Å²) in [6, 6.07) is -0.0994. The van der Waals surface area contributed by atoms with Crippen LogP contribution in [0.2, 0.25) is 0 Å². The maximum atomic E-state index is 5.88. The minimum atomic E-state index is -0.126. The molecule has 21 heavy (non-hydrogen) atoms. The summed E-state index contributed by atoms with van der Waals surface area (Å²) in [4.78, 5) is 8.34. The lowest BCUT2D eigenvalue weighted by Crippen LogP contribution is -2.37. The molecule has 1 aliphatic rings. The van der Waals surface area contributed by atoms with E-state index in [9.17, 15) is 0 Å². The van der Waals surface area contributed by atoms with Gasteiger partial charge in [-0.3, -0.25) is 9.67 Å². The molecule has 3 rings (SSSR count). The van der Waals surface area contributed by atoms with E-state index in [1.807, 2.05) is 0 Å². The molecule has 8 nitrogen and oxygen atoms in total. The summed E-state index contributed by atoms with van der Waals surface area (Å²) in [5.74, 6) is 1.14. The molecule has 1 fully saturated rings. The standard InChI is InChI=1S/C13H17N5O3/c1-19-13-4-15-2-9(17-13)5-18-6-10(3-16-18)21-12-8-20-7-11(12)14/h2-4,6,11-12H,5,7-8,14H2,1H3/t11-,12+/m0/s1. The molecule has 1 aliphatic heterocycles. The molecule has 2 aromatic rings. The predicted octanol–water partition coefficient (Wildman–Crippen LogP) is -0.165. The third kappa shape index (κ3) is 3.29. The van der Waals surface area contributed by atoms with E-state index in [1.165, 1.54) is 0 Å². The van der Waals surface area contributed by atoms with Crippen LogP contribution in [0.1, 0.15) is 5.69 Å². The first kappa shape index (κ1) is 13.8. The Labute approximate surface area is 121 Å². The molecule has 2 aromatic heterocycles. The van der Waals surface area contributed by atoms with Crippen molar-refractivity contribution < 1.29 is 14.2 Å². The van der Waals surface area contributed by atoms with E-state index >= 15 is 0 Å². The molecule has 0 amide bonds. The molecule has 0 spiro atoms. The van der Waals surface area contributed by atoms with Crippen LogP contribution >= 0.6 is 0 Å². The fourth-order valence-corrected chi connectivity index (χ4v) is 2.07. The van der Waals surface area contributed by atoms with Crippen LogP contribution in [0.15, 0.2) is 24.8 Å². The van der Waals surface area contributed by atoms with Crippen molar-refractivity contribution in [3.05, 3.63) is 30.5 Å². The average molecular weight is 291 g/mol. The summed E-state index contributed by atoms with van der Waals surface area (Å²) >= 11 is 0. The Kier molecular flexibility index (Phi) is 3.98. The molecule has 2 N–H and O–H groups in total. The van der Waals surface area contributed by atoms with Crippen molar-refractivity contribution in [3.8, 4) is 11.6 Å².